The van der Waals surface area contributed by atoms with Gasteiger partial charge >= 0.3 is 12.2 Å². The van der Waals surface area contributed by atoms with Crippen LogP contribution in [-0.2, 0) is 21.5 Å². The highest BCUT2D eigenvalue weighted by Gasteiger charge is 2.45. The Bertz CT molecular complexity index is 963. The lowest BCUT2D eigenvalue weighted by Gasteiger charge is -2.47. The van der Waals surface area contributed by atoms with E-state index in [2.05, 4.69) is 0 Å². The molecular formula is C23H26FN3O4. The molecule has 7 nitrogen and oxygen atoms in total. The van der Waals surface area contributed by atoms with Crippen LogP contribution in [0.25, 0.3) is 0 Å². The first kappa shape index (κ1) is 21.1. The van der Waals surface area contributed by atoms with Gasteiger partial charge in [-0.3, -0.25) is 4.90 Å². The summed E-state index contributed by atoms with van der Waals surface area (Å²) in [5, 5.41) is 0. The number of hydrogen-bond donors (Lipinski definition) is 1. The topological polar surface area (TPSA) is 85.1 Å². The van der Waals surface area contributed by atoms with E-state index in [0.29, 0.717) is 43.9 Å². The first-order valence-electron chi connectivity index (χ1n) is 10.3. The molecule has 1 atom stereocenters. The molecule has 2 amide bonds. The first-order chi connectivity index (χ1) is 14.9. The fraction of sp³-hybridized carbons (Fsp3) is 0.391. The number of likely N-dealkylation sites (tertiary alicyclic amines) is 1. The van der Waals surface area contributed by atoms with Gasteiger partial charge in [-0.05, 0) is 36.2 Å². The van der Waals surface area contributed by atoms with Crippen LogP contribution in [0, 0.1) is 5.82 Å². The van der Waals surface area contributed by atoms with Crippen LogP contribution in [0.3, 0.4) is 0 Å². The zero-order valence-corrected chi connectivity index (χ0v) is 17.4. The molecule has 2 N–H and O–H groups in total. The van der Waals surface area contributed by atoms with E-state index in [-0.39, 0.29) is 12.7 Å². The first-order valence-corrected chi connectivity index (χ1v) is 10.3. The molecule has 0 bridgehead atoms. The van der Waals surface area contributed by atoms with Gasteiger partial charge in [-0.25, -0.2) is 14.0 Å². The summed E-state index contributed by atoms with van der Waals surface area (Å²) in [5.74, 6) is -0.410. The molecule has 2 fully saturated rings. The second-order valence-corrected chi connectivity index (χ2v) is 8.31. The lowest BCUT2D eigenvalue weighted by atomic mass is 9.75. The van der Waals surface area contributed by atoms with Gasteiger partial charge in [-0.1, -0.05) is 43.3 Å². The molecule has 2 aliphatic heterocycles. The van der Waals surface area contributed by atoms with Crippen LogP contribution in [0.15, 0.2) is 48.5 Å². The third kappa shape index (κ3) is 4.34. The van der Waals surface area contributed by atoms with Crippen molar-refractivity contribution < 1.29 is 23.5 Å². The molecular weight excluding hydrogens is 401 g/mol. The van der Waals surface area contributed by atoms with Crippen molar-refractivity contribution in [2.24, 2.45) is 5.73 Å². The summed E-state index contributed by atoms with van der Waals surface area (Å²) in [7, 11) is 0. The van der Waals surface area contributed by atoms with Crippen LogP contribution in [0.4, 0.5) is 19.7 Å². The third-order valence-electron chi connectivity index (χ3n) is 5.82. The number of ether oxygens (including phenoxy) is 2. The molecule has 1 unspecified atom stereocenters. The number of benzene rings is 2. The summed E-state index contributed by atoms with van der Waals surface area (Å²) < 4.78 is 25.6. The van der Waals surface area contributed by atoms with Crippen LogP contribution in [0.1, 0.15) is 24.5 Å². The molecule has 0 aromatic heterocycles. The zero-order chi connectivity index (χ0) is 22.0. The standard InChI is InChI=1S/C23H26FN3O4/c1-23(14-26(15-23)21(28)30-13-16-5-3-2-4-6-16)19-8-7-17(11-20(19)24)27-12-18(9-10-25)31-22(27)29/h2-8,11,18H,9-10,12-15,25H2,1H3. The van der Waals surface area contributed by atoms with E-state index in [9.17, 15) is 14.0 Å². The van der Waals surface area contributed by atoms with Gasteiger partial charge in [-0.2, -0.15) is 0 Å². The summed E-state index contributed by atoms with van der Waals surface area (Å²) in [6, 6.07) is 14.2. The smallest absolute Gasteiger partial charge is 0.414 e. The van der Waals surface area contributed by atoms with Gasteiger partial charge in [-0.15, -0.1) is 0 Å². The molecule has 164 valence electrons. The molecule has 2 aliphatic rings. The second kappa shape index (κ2) is 8.55. The number of hydrogen-bond acceptors (Lipinski definition) is 5. The number of nitrogens with zero attached hydrogens (tertiary/aromatic N) is 2. The molecule has 0 aliphatic carbocycles. The van der Waals surface area contributed by atoms with Crippen molar-refractivity contribution in [3.63, 3.8) is 0 Å². The Balaban J connectivity index is 1.37. The van der Waals surface area contributed by atoms with Crippen LogP contribution in [0.2, 0.25) is 0 Å². The van der Waals surface area contributed by atoms with Crippen LogP contribution in [-0.4, -0.2) is 49.4 Å². The van der Waals surface area contributed by atoms with E-state index in [0.717, 1.165) is 5.56 Å². The molecule has 0 radical (unpaired) electrons. The minimum Gasteiger partial charge on any atom is -0.445 e. The van der Waals surface area contributed by atoms with E-state index < -0.39 is 23.4 Å². The second-order valence-electron chi connectivity index (χ2n) is 8.31. The van der Waals surface area contributed by atoms with Gasteiger partial charge in [0.25, 0.3) is 0 Å². The minimum absolute atomic E-state index is 0.201. The Hall–Kier alpha value is -3.13. The van der Waals surface area contributed by atoms with Gasteiger partial charge in [0.15, 0.2) is 0 Å². The summed E-state index contributed by atoms with van der Waals surface area (Å²) in [5.41, 5.74) is 6.89. The maximum Gasteiger partial charge on any atom is 0.414 e. The SMILES string of the molecule is CC1(c2ccc(N3CC(CCN)OC3=O)cc2F)CN(C(=O)OCc2ccccc2)C1. The van der Waals surface area contributed by atoms with Crippen molar-refractivity contribution in [3.05, 3.63) is 65.5 Å². The average molecular weight is 427 g/mol. The number of carbonyl (C=O) groups is 2. The average Bonchev–Trinajstić information content (AvgIpc) is 3.11. The zero-order valence-electron chi connectivity index (χ0n) is 17.4. The van der Waals surface area contributed by atoms with Gasteiger partial charge in [0, 0.05) is 18.5 Å². The number of halogens is 1. The molecule has 2 aromatic carbocycles. The molecule has 0 spiro atoms. The summed E-state index contributed by atoms with van der Waals surface area (Å²) in [6.45, 7) is 3.61. The number of nitrogens with two attached hydrogens (primary N) is 1. The number of carbonyl (C=O) groups excluding carboxylic acids is 2. The Labute approximate surface area is 180 Å². The molecule has 2 heterocycles. The predicted octanol–water partition coefficient (Wildman–Crippen LogP) is 3.41. The summed E-state index contributed by atoms with van der Waals surface area (Å²) >= 11 is 0. The van der Waals surface area contributed by atoms with Gasteiger partial charge in [0.05, 0.1) is 12.2 Å². The van der Waals surface area contributed by atoms with Crippen LogP contribution >= 0.6 is 0 Å². The van der Waals surface area contributed by atoms with E-state index in [1.54, 1.807) is 17.0 Å². The monoisotopic (exact) mass is 427 g/mol. The summed E-state index contributed by atoms with van der Waals surface area (Å²) in [6.07, 6.45) is -0.617. The lowest BCUT2D eigenvalue weighted by molar-refractivity contribution is 0.0384. The highest BCUT2D eigenvalue weighted by atomic mass is 19.1. The van der Waals surface area contributed by atoms with Gasteiger partial charge < -0.3 is 20.1 Å². The van der Waals surface area contributed by atoms with Crippen molar-refractivity contribution in [1.82, 2.24) is 4.90 Å². The van der Waals surface area contributed by atoms with Gasteiger partial charge in [0.2, 0.25) is 0 Å². The Morgan fingerprint density at radius 3 is 2.68 bits per heavy atom. The highest BCUT2D eigenvalue weighted by Crippen LogP contribution is 2.37. The van der Waals surface area contributed by atoms with E-state index in [1.165, 1.54) is 11.0 Å². The van der Waals surface area contributed by atoms with Gasteiger partial charge in [0.1, 0.15) is 18.5 Å². The Morgan fingerprint density at radius 1 is 1.26 bits per heavy atom. The largest absolute Gasteiger partial charge is 0.445 e. The Kier molecular flexibility index (Phi) is 5.82. The van der Waals surface area contributed by atoms with Crippen molar-refractivity contribution in [1.29, 1.82) is 0 Å². The van der Waals surface area contributed by atoms with Crippen molar-refractivity contribution in [3.8, 4) is 0 Å². The van der Waals surface area contributed by atoms with Crippen LogP contribution < -0.4 is 10.6 Å². The predicted molar refractivity (Wildman–Crippen MR) is 113 cm³/mol. The summed E-state index contributed by atoms with van der Waals surface area (Å²) in [4.78, 5) is 27.4. The Morgan fingerprint density at radius 2 is 2.00 bits per heavy atom. The maximum absolute atomic E-state index is 15.0. The molecule has 4 rings (SSSR count). The molecule has 2 aromatic rings. The number of cyclic esters (lactones) is 1. The van der Waals surface area contributed by atoms with Crippen LogP contribution in [0.5, 0.6) is 0 Å². The molecule has 0 saturated carbocycles. The fourth-order valence-electron chi connectivity index (χ4n) is 4.14. The lowest BCUT2D eigenvalue weighted by Crippen LogP contribution is -2.60. The third-order valence-corrected chi connectivity index (χ3v) is 5.82. The van der Waals surface area contributed by atoms with Crippen molar-refractivity contribution in [2.75, 3.05) is 31.1 Å². The molecule has 8 heteroatoms. The van der Waals surface area contributed by atoms with Crippen molar-refractivity contribution in [2.45, 2.75) is 31.5 Å². The van der Waals surface area contributed by atoms with E-state index in [1.807, 2.05) is 37.3 Å². The molecule has 2 saturated heterocycles. The number of rotatable bonds is 6. The quantitative estimate of drug-likeness (QED) is 0.764. The van der Waals surface area contributed by atoms with E-state index in [4.69, 9.17) is 15.2 Å². The normalized spacial score (nSPS) is 19.7. The fourth-order valence-corrected chi connectivity index (χ4v) is 4.14. The minimum atomic E-state index is -0.512. The maximum atomic E-state index is 15.0. The van der Waals surface area contributed by atoms with Crippen molar-refractivity contribution >= 4 is 17.9 Å². The number of amides is 2. The number of anilines is 1. The highest BCUT2D eigenvalue weighted by molar-refractivity contribution is 5.89. The van der Waals surface area contributed by atoms with E-state index >= 15 is 0 Å². The molecule has 31 heavy (non-hydrogen) atoms.